The van der Waals surface area contributed by atoms with Gasteiger partial charge in [0.15, 0.2) is 0 Å². The second-order valence-electron chi connectivity index (χ2n) is 6.95. The zero-order valence-corrected chi connectivity index (χ0v) is 17.0. The molecule has 0 radical (unpaired) electrons. The standard InChI is InChI=1S/C23H31N3O/c1-5-25(6-2)14-15-26-22-16-18(4)8-13-21(22)24-23(26)17-19-9-11-20(12-10-19)27-7-3/h8-13,16H,5-7,14-15,17H2,1-4H3. The molecule has 144 valence electrons. The van der Waals surface area contributed by atoms with Crippen LogP contribution in [0.15, 0.2) is 42.5 Å². The molecule has 0 aliphatic heterocycles. The monoisotopic (exact) mass is 365 g/mol. The van der Waals surface area contributed by atoms with Crippen molar-refractivity contribution in [2.24, 2.45) is 0 Å². The number of hydrogen-bond donors (Lipinski definition) is 0. The number of aryl methyl sites for hydroxylation is 1. The van der Waals surface area contributed by atoms with E-state index >= 15 is 0 Å². The number of imidazole rings is 1. The van der Waals surface area contributed by atoms with Crippen LogP contribution in [-0.2, 0) is 13.0 Å². The number of hydrogen-bond acceptors (Lipinski definition) is 3. The Morgan fingerprint density at radius 2 is 1.74 bits per heavy atom. The zero-order valence-electron chi connectivity index (χ0n) is 17.0. The first-order valence-electron chi connectivity index (χ1n) is 10.0. The molecule has 27 heavy (non-hydrogen) atoms. The summed E-state index contributed by atoms with van der Waals surface area (Å²) in [6.07, 6.45) is 0.832. The Morgan fingerprint density at radius 3 is 2.41 bits per heavy atom. The van der Waals surface area contributed by atoms with Gasteiger partial charge in [-0.3, -0.25) is 0 Å². The number of fused-ring (bicyclic) bond motifs is 1. The van der Waals surface area contributed by atoms with E-state index < -0.39 is 0 Å². The van der Waals surface area contributed by atoms with Gasteiger partial charge in [-0.25, -0.2) is 4.98 Å². The van der Waals surface area contributed by atoms with E-state index in [0.29, 0.717) is 6.61 Å². The first kappa shape index (κ1) is 19.4. The maximum absolute atomic E-state index is 5.56. The Kier molecular flexibility index (Phi) is 6.51. The van der Waals surface area contributed by atoms with Crippen molar-refractivity contribution in [3.63, 3.8) is 0 Å². The van der Waals surface area contributed by atoms with Crippen molar-refractivity contribution in [2.45, 2.75) is 40.7 Å². The molecule has 1 heterocycles. The summed E-state index contributed by atoms with van der Waals surface area (Å²) in [6, 6.07) is 14.9. The summed E-state index contributed by atoms with van der Waals surface area (Å²) in [7, 11) is 0. The van der Waals surface area contributed by atoms with Crippen LogP contribution in [-0.4, -0.2) is 40.7 Å². The highest BCUT2D eigenvalue weighted by atomic mass is 16.5. The third kappa shape index (κ3) is 4.69. The predicted octanol–water partition coefficient (Wildman–Crippen LogP) is 4.68. The van der Waals surface area contributed by atoms with Crippen molar-refractivity contribution >= 4 is 11.0 Å². The highest BCUT2D eigenvalue weighted by Gasteiger charge is 2.13. The highest BCUT2D eigenvalue weighted by Crippen LogP contribution is 2.21. The summed E-state index contributed by atoms with van der Waals surface area (Å²) in [4.78, 5) is 7.41. The molecule has 3 aromatic rings. The Bertz CT molecular complexity index is 863. The molecule has 0 fully saturated rings. The van der Waals surface area contributed by atoms with E-state index in [-0.39, 0.29) is 0 Å². The maximum Gasteiger partial charge on any atom is 0.119 e. The van der Waals surface area contributed by atoms with Crippen LogP contribution in [0, 0.1) is 6.92 Å². The smallest absolute Gasteiger partial charge is 0.119 e. The molecule has 0 atom stereocenters. The summed E-state index contributed by atoms with van der Waals surface area (Å²) in [6.45, 7) is 13.5. The minimum atomic E-state index is 0.694. The van der Waals surface area contributed by atoms with E-state index in [2.05, 4.69) is 60.6 Å². The lowest BCUT2D eigenvalue weighted by Gasteiger charge is -2.19. The van der Waals surface area contributed by atoms with Crippen LogP contribution in [0.25, 0.3) is 11.0 Å². The average Bonchev–Trinajstić information content (AvgIpc) is 3.01. The van der Waals surface area contributed by atoms with Crippen LogP contribution in [0.5, 0.6) is 5.75 Å². The average molecular weight is 366 g/mol. The minimum absolute atomic E-state index is 0.694. The summed E-state index contributed by atoms with van der Waals surface area (Å²) in [5.74, 6) is 2.05. The van der Waals surface area contributed by atoms with Crippen molar-refractivity contribution in [1.82, 2.24) is 14.5 Å². The number of benzene rings is 2. The Labute approximate surface area is 162 Å². The molecule has 0 aliphatic carbocycles. The number of rotatable bonds is 9. The molecule has 0 amide bonds. The van der Waals surface area contributed by atoms with Crippen molar-refractivity contribution in [3.8, 4) is 5.75 Å². The van der Waals surface area contributed by atoms with Gasteiger partial charge in [0.25, 0.3) is 0 Å². The number of aromatic nitrogens is 2. The largest absolute Gasteiger partial charge is 0.494 e. The van der Waals surface area contributed by atoms with Gasteiger partial charge >= 0.3 is 0 Å². The molecule has 4 heteroatoms. The lowest BCUT2D eigenvalue weighted by molar-refractivity contribution is 0.291. The van der Waals surface area contributed by atoms with Gasteiger partial charge in [0, 0.05) is 19.5 Å². The fourth-order valence-corrected chi connectivity index (χ4v) is 3.50. The van der Waals surface area contributed by atoms with Crippen LogP contribution >= 0.6 is 0 Å². The van der Waals surface area contributed by atoms with Gasteiger partial charge in [-0.1, -0.05) is 32.0 Å². The molecular weight excluding hydrogens is 334 g/mol. The number of nitrogens with zero attached hydrogens (tertiary/aromatic N) is 3. The van der Waals surface area contributed by atoms with E-state index in [0.717, 1.165) is 49.7 Å². The molecule has 0 saturated carbocycles. The van der Waals surface area contributed by atoms with Gasteiger partial charge < -0.3 is 14.2 Å². The lowest BCUT2D eigenvalue weighted by Crippen LogP contribution is -2.27. The molecule has 3 rings (SSSR count). The molecule has 0 N–H and O–H groups in total. The normalized spacial score (nSPS) is 11.4. The van der Waals surface area contributed by atoms with Gasteiger partial charge in [0.2, 0.25) is 0 Å². The summed E-state index contributed by atoms with van der Waals surface area (Å²) in [5.41, 5.74) is 4.86. The van der Waals surface area contributed by atoms with Crippen molar-refractivity contribution in [2.75, 3.05) is 26.2 Å². The van der Waals surface area contributed by atoms with E-state index in [9.17, 15) is 0 Å². The van der Waals surface area contributed by atoms with Crippen LogP contribution in [0.1, 0.15) is 37.7 Å². The Balaban J connectivity index is 1.89. The van der Waals surface area contributed by atoms with E-state index in [1.165, 1.54) is 16.6 Å². The SMILES string of the molecule is CCOc1ccc(Cc2nc3ccc(C)cc3n2CCN(CC)CC)cc1. The first-order valence-corrected chi connectivity index (χ1v) is 10.0. The molecule has 1 aromatic heterocycles. The van der Waals surface area contributed by atoms with Crippen molar-refractivity contribution in [3.05, 3.63) is 59.4 Å². The number of likely N-dealkylation sites (N-methyl/N-ethyl adjacent to an activating group) is 1. The Morgan fingerprint density at radius 1 is 1.00 bits per heavy atom. The van der Waals surface area contributed by atoms with Crippen LogP contribution in [0.2, 0.25) is 0 Å². The maximum atomic E-state index is 5.56. The molecule has 0 bridgehead atoms. The number of ether oxygens (including phenoxy) is 1. The molecule has 0 saturated heterocycles. The molecule has 4 nitrogen and oxygen atoms in total. The fourth-order valence-electron chi connectivity index (χ4n) is 3.50. The third-order valence-corrected chi connectivity index (χ3v) is 5.11. The predicted molar refractivity (Wildman–Crippen MR) is 113 cm³/mol. The highest BCUT2D eigenvalue weighted by molar-refractivity contribution is 5.77. The fraction of sp³-hybridized carbons (Fsp3) is 0.435. The van der Waals surface area contributed by atoms with Gasteiger partial charge in [0.05, 0.1) is 17.6 Å². The quantitative estimate of drug-likeness (QED) is 0.552. The molecule has 0 aliphatic rings. The third-order valence-electron chi connectivity index (χ3n) is 5.11. The topological polar surface area (TPSA) is 30.3 Å². The zero-order chi connectivity index (χ0) is 19.2. The van der Waals surface area contributed by atoms with Gasteiger partial charge in [-0.2, -0.15) is 0 Å². The van der Waals surface area contributed by atoms with Gasteiger partial charge in [-0.15, -0.1) is 0 Å². The van der Waals surface area contributed by atoms with Crippen molar-refractivity contribution < 1.29 is 4.74 Å². The molecule has 2 aromatic carbocycles. The van der Waals surface area contributed by atoms with Crippen molar-refractivity contribution in [1.29, 1.82) is 0 Å². The van der Waals surface area contributed by atoms with Crippen LogP contribution < -0.4 is 4.74 Å². The molecule has 0 unspecified atom stereocenters. The summed E-state index contributed by atoms with van der Waals surface area (Å²) >= 11 is 0. The van der Waals surface area contributed by atoms with Crippen LogP contribution in [0.4, 0.5) is 0 Å². The van der Waals surface area contributed by atoms with Gasteiger partial charge in [0.1, 0.15) is 11.6 Å². The second kappa shape index (κ2) is 9.05. The van der Waals surface area contributed by atoms with E-state index in [1.54, 1.807) is 0 Å². The molecular formula is C23H31N3O. The summed E-state index contributed by atoms with van der Waals surface area (Å²) < 4.78 is 7.96. The van der Waals surface area contributed by atoms with Gasteiger partial charge in [-0.05, 0) is 62.3 Å². The first-order chi connectivity index (χ1) is 13.1. The molecule has 0 spiro atoms. The van der Waals surface area contributed by atoms with E-state index in [4.69, 9.17) is 9.72 Å². The van der Waals surface area contributed by atoms with Crippen LogP contribution in [0.3, 0.4) is 0 Å². The van der Waals surface area contributed by atoms with E-state index in [1.807, 2.05) is 19.1 Å². The summed E-state index contributed by atoms with van der Waals surface area (Å²) in [5, 5.41) is 0. The Hall–Kier alpha value is -2.33. The second-order valence-corrected chi connectivity index (χ2v) is 6.95. The lowest BCUT2D eigenvalue weighted by atomic mass is 10.1. The minimum Gasteiger partial charge on any atom is -0.494 e.